The lowest BCUT2D eigenvalue weighted by atomic mass is 10.1. The van der Waals surface area contributed by atoms with Gasteiger partial charge in [0.25, 0.3) is 0 Å². The molecule has 2 aromatic carbocycles. The highest BCUT2D eigenvalue weighted by Crippen LogP contribution is 2.38. The molecule has 6 nitrogen and oxygen atoms in total. The number of esters is 1. The monoisotopic (exact) mass is 260 g/mol. The molecule has 6 N–H and O–H groups in total. The average molecular weight is 260 g/mol. The summed E-state index contributed by atoms with van der Waals surface area (Å²) in [6.07, 6.45) is 0. The molecular formula is C13H12N2O4. The molecule has 2 rings (SSSR count). The van der Waals surface area contributed by atoms with Crippen LogP contribution in [-0.2, 0) is 0 Å². The Morgan fingerprint density at radius 3 is 2.05 bits per heavy atom. The molecule has 0 saturated carbocycles. The highest BCUT2D eigenvalue weighted by molar-refractivity contribution is 6.00. The maximum absolute atomic E-state index is 11.9. The number of hydrogen-bond donors (Lipinski definition) is 4. The molecule has 6 heteroatoms. The highest BCUT2D eigenvalue weighted by atomic mass is 16.5. The number of ether oxygens (including phenoxy) is 1. The molecule has 0 heterocycles. The van der Waals surface area contributed by atoms with Crippen LogP contribution in [0.3, 0.4) is 0 Å². The van der Waals surface area contributed by atoms with E-state index in [1.165, 1.54) is 0 Å². The van der Waals surface area contributed by atoms with E-state index in [9.17, 15) is 15.0 Å². The number of hydrogen-bond acceptors (Lipinski definition) is 6. The molecule has 2 aromatic rings. The fourth-order valence-corrected chi connectivity index (χ4v) is 1.55. The first-order valence-corrected chi connectivity index (χ1v) is 5.37. The molecule has 0 aliphatic carbocycles. The van der Waals surface area contributed by atoms with Gasteiger partial charge >= 0.3 is 5.97 Å². The molecule has 0 unspecified atom stereocenters. The largest absolute Gasteiger partial charge is 0.505 e. The zero-order valence-electron chi connectivity index (χ0n) is 9.83. The summed E-state index contributed by atoms with van der Waals surface area (Å²) in [4.78, 5) is 11.9. The van der Waals surface area contributed by atoms with Gasteiger partial charge < -0.3 is 26.4 Å². The van der Waals surface area contributed by atoms with Crippen molar-refractivity contribution in [2.75, 3.05) is 11.5 Å². The van der Waals surface area contributed by atoms with Gasteiger partial charge in [-0.15, -0.1) is 0 Å². The molecule has 0 atom stereocenters. The number of rotatable bonds is 2. The second-order valence-corrected chi connectivity index (χ2v) is 3.83. The minimum absolute atomic E-state index is 0.115. The maximum Gasteiger partial charge on any atom is 0.351 e. The lowest BCUT2D eigenvalue weighted by Gasteiger charge is -2.11. The Hall–Kier alpha value is -2.89. The smallest absolute Gasteiger partial charge is 0.351 e. The van der Waals surface area contributed by atoms with Crippen LogP contribution in [0, 0.1) is 0 Å². The van der Waals surface area contributed by atoms with E-state index in [4.69, 9.17) is 16.2 Å². The maximum atomic E-state index is 11.9. The van der Waals surface area contributed by atoms with Gasteiger partial charge in [0.1, 0.15) is 11.3 Å². The predicted molar refractivity (Wildman–Crippen MR) is 70.0 cm³/mol. The number of nitrogens with two attached hydrogens (primary N) is 2. The SMILES string of the molecule is Nc1cc(N)c(O)c(C(=O)Oc2ccccc2)c1O. The topological polar surface area (TPSA) is 119 Å². The van der Waals surface area contributed by atoms with Crippen molar-refractivity contribution >= 4 is 17.3 Å². The average Bonchev–Trinajstić information content (AvgIpc) is 2.38. The van der Waals surface area contributed by atoms with Gasteiger partial charge in [-0.05, 0) is 18.2 Å². The molecule has 0 spiro atoms. The summed E-state index contributed by atoms with van der Waals surface area (Å²) in [6.45, 7) is 0. The van der Waals surface area contributed by atoms with Crippen molar-refractivity contribution in [2.45, 2.75) is 0 Å². The zero-order valence-corrected chi connectivity index (χ0v) is 9.83. The molecule has 0 aliphatic heterocycles. The zero-order chi connectivity index (χ0) is 14.0. The first-order valence-electron chi connectivity index (χ1n) is 5.37. The number of phenolic OH excluding ortho intramolecular Hbond substituents is 2. The van der Waals surface area contributed by atoms with Crippen LogP contribution in [-0.4, -0.2) is 16.2 Å². The van der Waals surface area contributed by atoms with Crippen molar-refractivity contribution in [2.24, 2.45) is 0 Å². The van der Waals surface area contributed by atoms with Gasteiger partial charge in [0, 0.05) is 0 Å². The third-order valence-corrected chi connectivity index (χ3v) is 2.49. The summed E-state index contributed by atoms with van der Waals surface area (Å²) in [5, 5.41) is 19.4. The van der Waals surface area contributed by atoms with E-state index in [0.29, 0.717) is 0 Å². The first-order chi connectivity index (χ1) is 9.00. The van der Waals surface area contributed by atoms with Crippen LogP contribution in [0.4, 0.5) is 11.4 Å². The standard InChI is InChI=1S/C13H12N2O4/c14-8-6-9(15)12(17)10(11(8)16)13(18)19-7-4-2-1-3-5-7/h1-6,16-17H,14-15H2. The van der Waals surface area contributed by atoms with Gasteiger partial charge in [-0.1, -0.05) is 18.2 Å². The minimum Gasteiger partial charge on any atom is -0.505 e. The third kappa shape index (κ3) is 2.37. The summed E-state index contributed by atoms with van der Waals surface area (Å²) >= 11 is 0. The number of nitrogen functional groups attached to an aromatic ring is 2. The van der Waals surface area contributed by atoms with Crippen LogP contribution >= 0.6 is 0 Å². The minimum atomic E-state index is -0.944. The van der Waals surface area contributed by atoms with Crippen LogP contribution < -0.4 is 16.2 Å². The van der Waals surface area contributed by atoms with Crippen LogP contribution in [0.1, 0.15) is 10.4 Å². The lowest BCUT2D eigenvalue weighted by Crippen LogP contribution is -2.11. The van der Waals surface area contributed by atoms with Gasteiger partial charge in [-0.3, -0.25) is 0 Å². The number of phenols is 2. The fourth-order valence-electron chi connectivity index (χ4n) is 1.55. The molecule has 0 saturated heterocycles. The fraction of sp³-hybridized carbons (Fsp3) is 0. The summed E-state index contributed by atoms with van der Waals surface area (Å²) in [6, 6.07) is 9.38. The molecule has 0 aromatic heterocycles. The number of para-hydroxylation sites is 1. The van der Waals surface area contributed by atoms with E-state index < -0.39 is 23.0 Å². The van der Waals surface area contributed by atoms with Crippen molar-refractivity contribution in [1.29, 1.82) is 0 Å². The van der Waals surface area contributed by atoms with Gasteiger partial charge in [-0.25, -0.2) is 4.79 Å². The second kappa shape index (κ2) is 4.77. The molecule has 98 valence electrons. The number of carbonyl (C=O) groups is 1. The van der Waals surface area contributed by atoms with Crippen molar-refractivity contribution < 1.29 is 19.7 Å². The van der Waals surface area contributed by atoms with Gasteiger partial charge in [0.2, 0.25) is 0 Å². The van der Waals surface area contributed by atoms with Crippen LogP contribution in [0.2, 0.25) is 0 Å². The Morgan fingerprint density at radius 1 is 1.00 bits per heavy atom. The Kier molecular flexibility index (Phi) is 3.15. The van der Waals surface area contributed by atoms with Crippen LogP contribution in [0.25, 0.3) is 0 Å². The van der Waals surface area contributed by atoms with Crippen LogP contribution in [0.5, 0.6) is 17.2 Å². The predicted octanol–water partition coefficient (Wildman–Crippen LogP) is 1.48. The van der Waals surface area contributed by atoms with Crippen LogP contribution in [0.15, 0.2) is 36.4 Å². The number of benzene rings is 2. The van der Waals surface area contributed by atoms with E-state index in [1.54, 1.807) is 30.3 Å². The Labute approximate surface area is 108 Å². The molecule has 0 aliphatic rings. The molecule has 0 amide bonds. The highest BCUT2D eigenvalue weighted by Gasteiger charge is 2.23. The van der Waals surface area contributed by atoms with E-state index in [1.807, 2.05) is 0 Å². The van der Waals surface area contributed by atoms with E-state index >= 15 is 0 Å². The van der Waals surface area contributed by atoms with Gasteiger partial charge in [-0.2, -0.15) is 0 Å². The summed E-state index contributed by atoms with van der Waals surface area (Å²) < 4.78 is 5.00. The number of aromatic hydroxyl groups is 2. The van der Waals surface area contributed by atoms with Gasteiger partial charge in [0.15, 0.2) is 11.5 Å². The molecule has 0 fully saturated rings. The first kappa shape index (κ1) is 12.6. The van der Waals surface area contributed by atoms with Gasteiger partial charge in [0.05, 0.1) is 11.4 Å². The lowest BCUT2D eigenvalue weighted by molar-refractivity contribution is 0.0728. The Bertz CT molecular complexity index is 600. The second-order valence-electron chi connectivity index (χ2n) is 3.83. The third-order valence-electron chi connectivity index (χ3n) is 2.49. The summed E-state index contributed by atoms with van der Waals surface area (Å²) in [7, 11) is 0. The van der Waals surface area contributed by atoms with Crippen molar-refractivity contribution in [1.82, 2.24) is 0 Å². The summed E-state index contributed by atoms with van der Waals surface area (Å²) in [5.74, 6) is -1.80. The molecular weight excluding hydrogens is 248 g/mol. The van der Waals surface area contributed by atoms with E-state index in [2.05, 4.69) is 0 Å². The Morgan fingerprint density at radius 2 is 1.53 bits per heavy atom. The van der Waals surface area contributed by atoms with Crippen molar-refractivity contribution in [3.05, 3.63) is 42.0 Å². The molecule has 0 bridgehead atoms. The molecule has 19 heavy (non-hydrogen) atoms. The molecule has 0 radical (unpaired) electrons. The quantitative estimate of drug-likeness (QED) is 0.213. The number of carbonyl (C=O) groups excluding carboxylic acids is 1. The normalized spacial score (nSPS) is 10.1. The van der Waals surface area contributed by atoms with Crippen molar-refractivity contribution in [3.63, 3.8) is 0 Å². The summed E-state index contributed by atoms with van der Waals surface area (Å²) in [5.41, 5.74) is 10.3. The number of anilines is 2. The van der Waals surface area contributed by atoms with E-state index in [0.717, 1.165) is 6.07 Å². The van der Waals surface area contributed by atoms with E-state index in [-0.39, 0.29) is 17.1 Å². The Balaban J connectivity index is 2.40. The van der Waals surface area contributed by atoms with Crippen molar-refractivity contribution in [3.8, 4) is 17.2 Å².